The highest BCUT2D eigenvalue weighted by Crippen LogP contribution is 2.13. The summed E-state index contributed by atoms with van der Waals surface area (Å²) in [5.41, 5.74) is 11.3. The van der Waals surface area contributed by atoms with Crippen molar-refractivity contribution in [2.24, 2.45) is 5.73 Å². The lowest BCUT2D eigenvalue weighted by molar-refractivity contribution is -0.117. The molecule has 4 N–H and O–H groups in total. The van der Waals surface area contributed by atoms with E-state index in [2.05, 4.69) is 9.72 Å². The predicted molar refractivity (Wildman–Crippen MR) is 62.8 cm³/mol. The van der Waals surface area contributed by atoms with E-state index in [1.54, 1.807) is 12.2 Å². The summed E-state index contributed by atoms with van der Waals surface area (Å²) in [6.45, 7) is 0. The molecule has 0 aliphatic heterocycles. The molecular formula is C11H13N3O3. The van der Waals surface area contributed by atoms with E-state index in [9.17, 15) is 9.59 Å². The summed E-state index contributed by atoms with van der Waals surface area (Å²) in [6, 6.07) is 1.53. The monoisotopic (exact) mass is 235 g/mol. The van der Waals surface area contributed by atoms with Crippen LogP contribution < -0.4 is 11.5 Å². The van der Waals surface area contributed by atoms with Gasteiger partial charge in [-0.15, -0.1) is 0 Å². The first-order chi connectivity index (χ1) is 8.04. The second kappa shape index (κ2) is 5.64. The quantitative estimate of drug-likeness (QED) is 0.731. The average molecular weight is 235 g/mol. The molecule has 17 heavy (non-hydrogen) atoms. The number of primary amides is 1. The topological polar surface area (TPSA) is 108 Å². The van der Waals surface area contributed by atoms with Gasteiger partial charge in [0.25, 0.3) is 0 Å². The maximum absolute atomic E-state index is 11.3. The predicted octanol–water partition coefficient (Wildman–Crippen LogP) is 0.339. The zero-order chi connectivity index (χ0) is 12.8. The highest BCUT2D eigenvalue weighted by molar-refractivity contribution is 5.94. The number of hydrogen-bond acceptors (Lipinski definition) is 5. The number of nitrogen functional groups attached to an aromatic ring is 1. The van der Waals surface area contributed by atoms with Crippen molar-refractivity contribution in [1.82, 2.24) is 4.98 Å². The van der Waals surface area contributed by atoms with Gasteiger partial charge in [0, 0.05) is 12.6 Å². The minimum atomic E-state index is -0.555. The number of hydrogen-bond donors (Lipinski definition) is 2. The van der Waals surface area contributed by atoms with Gasteiger partial charge in [0.15, 0.2) is 0 Å². The van der Waals surface area contributed by atoms with E-state index in [1.807, 2.05) is 0 Å². The van der Waals surface area contributed by atoms with E-state index in [-0.39, 0.29) is 17.8 Å². The number of methoxy groups -OCH3 is 1. The van der Waals surface area contributed by atoms with Crippen LogP contribution in [-0.4, -0.2) is 24.0 Å². The number of nitrogens with zero attached hydrogens (tertiary/aromatic N) is 1. The van der Waals surface area contributed by atoms with Crippen LogP contribution in [0.25, 0.3) is 6.08 Å². The molecule has 1 aromatic heterocycles. The van der Waals surface area contributed by atoms with Crippen molar-refractivity contribution in [1.29, 1.82) is 0 Å². The maximum atomic E-state index is 11.3. The Labute approximate surface area is 98.3 Å². The summed E-state index contributed by atoms with van der Waals surface area (Å²) >= 11 is 0. The van der Waals surface area contributed by atoms with Gasteiger partial charge in [0.05, 0.1) is 7.11 Å². The number of anilines is 1. The lowest BCUT2D eigenvalue weighted by atomic mass is 10.1. The zero-order valence-electron chi connectivity index (χ0n) is 9.34. The van der Waals surface area contributed by atoms with Crippen LogP contribution in [-0.2, 0) is 9.53 Å². The Morgan fingerprint density at radius 1 is 1.53 bits per heavy atom. The number of carbonyl (C=O) groups is 2. The zero-order valence-corrected chi connectivity index (χ0v) is 9.34. The van der Waals surface area contributed by atoms with E-state index in [0.717, 1.165) is 0 Å². The summed E-state index contributed by atoms with van der Waals surface area (Å²) in [5.74, 6) is -0.887. The molecule has 6 heteroatoms. The maximum Gasteiger partial charge on any atom is 0.341 e. The van der Waals surface area contributed by atoms with Crippen LogP contribution in [0.3, 0.4) is 0 Å². The highest BCUT2D eigenvalue weighted by atomic mass is 16.5. The smallest absolute Gasteiger partial charge is 0.341 e. The molecule has 0 fully saturated rings. The van der Waals surface area contributed by atoms with Crippen molar-refractivity contribution in [3.63, 3.8) is 0 Å². The fourth-order valence-electron chi connectivity index (χ4n) is 1.17. The largest absolute Gasteiger partial charge is 0.465 e. The average Bonchev–Trinajstić information content (AvgIpc) is 2.30. The number of esters is 1. The molecule has 0 saturated carbocycles. The fourth-order valence-corrected chi connectivity index (χ4v) is 1.17. The van der Waals surface area contributed by atoms with E-state index in [0.29, 0.717) is 5.56 Å². The molecule has 0 aliphatic carbocycles. The van der Waals surface area contributed by atoms with Crippen LogP contribution in [0.4, 0.5) is 5.82 Å². The van der Waals surface area contributed by atoms with Crippen LogP contribution >= 0.6 is 0 Å². The van der Waals surface area contributed by atoms with Crippen molar-refractivity contribution in [3.05, 3.63) is 29.5 Å². The van der Waals surface area contributed by atoms with Gasteiger partial charge in [-0.05, 0) is 11.6 Å². The second-order valence-electron chi connectivity index (χ2n) is 3.27. The van der Waals surface area contributed by atoms with Crippen molar-refractivity contribution >= 4 is 23.8 Å². The lowest BCUT2D eigenvalue weighted by Gasteiger charge is -2.03. The first-order valence-electron chi connectivity index (χ1n) is 4.83. The Morgan fingerprint density at radius 2 is 2.24 bits per heavy atom. The third-order valence-corrected chi connectivity index (χ3v) is 1.97. The molecule has 6 nitrogen and oxygen atoms in total. The summed E-state index contributed by atoms with van der Waals surface area (Å²) in [5, 5.41) is 0. The minimum absolute atomic E-state index is 0.101. The van der Waals surface area contributed by atoms with Gasteiger partial charge in [0.1, 0.15) is 11.4 Å². The molecule has 0 radical (unpaired) electrons. The van der Waals surface area contributed by atoms with Crippen LogP contribution in [0.15, 0.2) is 18.3 Å². The van der Waals surface area contributed by atoms with Crippen molar-refractivity contribution in [3.8, 4) is 0 Å². The van der Waals surface area contributed by atoms with Crippen molar-refractivity contribution in [2.45, 2.75) is 6.42 Å². The SMILES string of the molecule is COC(=O)c1cc(C=CCC(N)=O)cnc1N. The molecule has 1 amide bonds. The first kappa shape index (κ1) is 12.7. The number of pyridine rings is 1. The van der Waals surface area contributed by atoms with E-state index in [4.69, 9.17) is 11.5 Å². The van der Waals surface area contributed by atoms with Crippen LogP contribution in [0.2, 0.25) is 0 Å². The number of ether oxygens (including phenoxy) is 1. The van der Waals surface area contributed by atoms with Crippen molar-refractivity contribution in [2.75, 3.05) is 12.8 Å². The standard InChI is InChI=1S/C11H13N3O3/c1-17-11(16)8-5-7(6-14-10(8)13)3-2-4-9(12)15/h2-3,5-6H,4H2,1H3,(H2,12,15)(H2,13,14). The van der Waals surface area contributed by atoms with Gasteiger partial charge in [-0.1, -0.05) is 12.2 Å². The van der Waals surface area contributed by atoms with Gasteiger partial charge in [0.2, 0.25) is 5.91 Å². The summed E-state index contributed by atoms with van der Waals surface area (Å²) in [7, 11) is 1.26. The van der Waals surface area contributed by atoms with Gasteiger partial charge < -0.3 is 16.2 Å². The van der Waals surface area contributed by atoms with E-state index in [1.165, 1.54) is 19.4 Å². The molecule has 0 aliphatic rings. The molecule has 0 saturated heterocycles. The summed E-state index contributed by atoms with van der Waals surface area (Å²) < 4.78 is 4.56. The fraction of sp³-hybridized carbons (Fsp3) is 0.182. The molecule has 1 rings (SSSR count). The molecule has 1 aromatic rings. The van der Waals surface area contributed by atoms with Gasteiger partial charge in [-0.3, -0.25) is 4.79 Å². The number of carbonyl (C=O) groups excluding carboxylic acids is 2. The van der Waals surface area contributed by atoms with Gasteiger partial charge in [-0.25, -0.2) is 9.78 Å². The molecule has 90 valence electrons. The number of amides is 1. The van der Waals surface area contributed by atoms with E-state index < -0.39 is 11.9 Å². The first-order valence-corrected chi connectivity index (χ1v) is 4.83. The van der Waals surface area contributed by atoms with Gasteiger partial charge >= 0.3 is 5.97 Å². The molecule has 0 atom stereocenters. The highest BCUT2D eigenvalue weighted by Gasteiger charge is 2.10. The third-order valence-electron chi connectivity index (χ3n) is 1.97. The Bertz CT molecular complexity index is 469. The normalized spacial score (nSPS) is 10.4. The van der Waals surface area contributed by atoms with Crippen LogP contribution in [0.1, 0.15) is 22.3 Å². The van der Waals surface area contributed by atoms with Crippen molar-refractivity contribution < 1.29 is 14.3 Å². The van der Waals surface area contributed by atoms with Gasteiger partial charge in [-0.2, -0.15) is 0 Å². The summed E-state index contributed by atoms with van der Waals surface area (Å²) in [6.07, 6.45) is 4.82. The molecule has 0 spiro atoms. The lowest BCUT2D eigenvalue weighted by Crippen LogP contribution is -2.08. The molecule has 1 heterocycles. The number of nitrogens with two attached hydrogens (primary N) is 2. The van der Waals surface area contributed by atoms with E-state index >= 15 is 0 Å². The summed E-state index contributed by atoms with van der Waals surface area (Å²) in [4.78, 5) is 25.7. The third kappa shape index (κ3) is 3.60. The van der Waals surface area contributed by atoms with Crippen LogP contribution in [0.5, 0.6) is 0 Å². The van der Waals surface area contributed by atoms with Crippen LogP contribution in [0, 0.1) is 0 Å². The Hall–Kier alpha value is -2.37. The Balaban J connectivity index is 2.92. The second-order valence-corrected chi connectivity index (χ2v) is 3.27. The molecule has 0 aromatic carbocycles. The minimum Gasteiger partial charge on any atom is -0.465 e. The number of aromatic nitrogens is 1. The Kier molecular flexibility index (Phi) is 4.21. The molecular weight excluding hydrogens is 222 g/mol. The number of rotatable bonds is 4. The Morgan fingerprint density at radius 3 is 2.82 bits per heavy atom. The molecule has 0 unspecified atom stereocenters. The molecule has 0 bridgehead atoms.